The van der Waals surface area contributed by atoms with Crippen LogP contribution in [0.1, 0.15) is 26.2 Å². The zero-order chi connectivity index (χ0) is 13.7. The van der Waals surface area contributed by atoms with E-state index in [1.807, 2.05) is 24.3 Å². The molecule has 4 heteroatoms. The fraction of sp³-hybridized carbons (Fsp3) is 0.533. The molecule has 1 amide bonds. The lowest BCUT2D eigenvalue weighted by Gasteiger charge is -2.23. The molecule has 0 aliphatic heterocycles. The zero-order valence-corrected chi connectivity index (χ0v) is 11.6. The number of nitrogens with zero attached hydrogens (tertiary/aromatic N) is 1. The van der Waals surface area contributed by atoms with Crippen molar-refractivity contribution in [2.24, 2.45) is 5.92 Å². The number of carbonyl (C=O) groups excluding carboxylic acids is 1. The van der Waals surface area contributed by atoms with E-state index in [1.54, 1.807) is 0 Å². The Balaban J connectivity index is 1.90. The van der Waals surface area contributed by atoms with Crippen LogP contribution in [0.25, 0.3) is 0 Å². The number of hydrogen-bond donors (Lipinski definition) is 2. The zero-order valence-electron chi connectivity index (χ0n) is 11.6. The van der Waals surface area contributed by atoms with Gasteiger partial charge in [-0.2, -0.15) is 0 Å². The number of anilines is 2. The van der Waals surface area contributed by atoms with E-state index in [1.165, 1.54) is 12.8 Å². The van der Waals surface area contributed by atoms with Gasteiger partial charge in [0.15, 0.2) is 0 Å². The van der Waals surface area contributed by atoms with E-state index in [9.17, 15) is 4.79 Å². The standard InChI is InChI=1S/C15H23N3O/c1-2-9-18(14-7-5-13(16)6-8-14)11-15(19)17-10-12-3-4-12/h5-8,12H,2-4,9-11,16H2,1H3,(H,17,19). The summed E-state index contributed by atoms with van der Waals surface area (Å²) in [6.45, 7) is 4.25. The van der Waals surface area contributed by atoms with Gasteiger partial charge < -0.3 is 16.0 Å². The molecule has 104 valence electrons. The van der Waals surface area contributed by atoms with Gasteiger partial charge in [0.25, 0.3) is 0 Å². The first-order chi connectivity index (χ1) is 9.19. The molecule has 0 spiro atoms. The quantitative estimate of drug-likeness (QED) is 0.738. The van der Waals surface area contributed by atoms with Gasteiger partial charge in [0, 0.05) is 24.5 Å². The summed E-state index contributed by atoms with van der Waals surface area (Å²) >= 11 is 0. The molecule has 0 saturated heterocycles. The average molecular weight is 261 g/mol. The van der Waals surface area contributed by atoms with Crippen molar-refractivity contribution in [3.63, 3.8) is 0 Å². The number of amides is 1. The Morgan fingerprint density at radius 1 is 1.37 bits per heavy atom. The van der Waals surface area contributed by atoms with Crippen LogP contribution in [0.15, 0.2) is 24.3 Å². The Kier molecular flexibility index (Phi) is 4.66. The summed E-state index contributed by atoms with van der Waals surface area (Å²) in [6.07, 6.45) is 3.54. The van der Waals surface area contributed by atoms with E-state index in [-0.39, 0.29) is 5.91 Å². The average Bonchev–Trinajstić information content (AvgIpc) is 3.21. The minimum Gasteiger partial charge on any atom is -0.399 e. The van der Waals surface area contributed by atoms with E-state index >= 15 is 0 Å². The highest BCUT2D eigenvalue weighted by atomic mass is 16.2. The normalized spacial score (nSPS) is 14.2. The van der Waals surface area contributed by atoms with E-state index in [2.05, 4.69) is 17.1 Å². The Hall–Kier alpha value is -1.71. The lowest BCUT2D eigenvalue weighted by molar-refractivity contribution is -0.119. The lowest BCUT2D eigenvalue weighted by atomic mass is 10.2. The molecule has 19 heavy (non-hydrogen) atoms. The molecular formula is C15H23N3O. The number of benzene rings is 1. The van der Waals surface area contributed by atoms with Crippen LogP contribution in [0.5, 0.6) is 0 Å². The SMILES string of the molecule is CCCN(CC(=O)NCC1CC1)c1ccc(N)cc1. The molecule has 1 saturated carbocycles. The van der Waals surface area contributed by atoms with Gasteiger partial charge in [-0.25, -0.2) is 0 Å². The second kappa shape index (κ2) is 6.45. The number of nitrogens with one attached hydrogen (secondary N) is 1. The number of nitrogen functional groups attached to an aromatic ring is 1. The second-order valence-corrected chi connectivity index (χ2v) is 5.26. The van der Waals surface area contributed by atoms with Crippen molar-refractivity contribution in [1.82, 2.24) is 5.32 Å². The molecule has 0 radical (unpaired) electrons. The molecular weight excluding hydrogens is 238 g/mol. The molecule has 1 aromatic carbocycles. The molecule has 0 aromatic heterocycles. The summed E-state index contributed by atoms with van der Waals surface area (Å²) in [5, 5.41) is 3.01. The third-order valence-electron chi connectivity index (χ3n) is 3.37. The molecule has 2 rings (SSSR count). The Morgan fingerprint density at radius 2 is 2.05 bits per heavy atom. The third-order valence-corrected chi connectivity index (χ3v) is 3.37. The smallest absolute Gasteiger partial charge is 0.239 e. The minimum absolute atomic E-state index is 0.108. The van der Waals surface area contributed by atoms with Gasteiger partial charge in [-0.15, -0.1) is 0 Å². The number of hydrogen-bond acceptors (Lipinski definition) is 3. The highest BCUT2D eigenvalue weighted by molar-refractivity contribution is 5.81. The maximum absolute atomic E-state index is 11.9. The van der Waals surface area contributed by atoms with Crippen LogP contribution in [0.4, 0.5) is 11.4 Å². The van der Waals surface area contributed by atoms with Crippen LogP contribution in [-0.2, 0) is 4.79 Å². The van der Waals surface area contributed by atoms with Gasteiger partial charge in [-0.05, 0) is 49.4 Å². The van der Waals surface area contributed by atoms with Crippen LogP contribution in [-0.4, -0.2) is 25.5 Å². The summed E-state index contributed by atoms with van der Waals surface area (Å²) < 4.78 is 0. The first-order valence-corrected chi connectivity index (χ1v) is 7.06. The van der Waals surface area contributed by atoms with Gasteiger partial charge in [0.05, 0.1) is 6.54 Å². The lowest BCUT2D eigenvalue weighted by Crippen LogP contribution is -2.38. The minimum atomic E-state index is 0.108. The topological polar surface area (TPSA) is 58.4 Å². The largest absolute Gasteiger partial charge is 0.399 e. The Morgan fingerprint density at radius 3 is 2.63 bits per heavy atom. The summed E-state index contributed by atoms with van der Waals surface area (Å²) in [4.78, 5) is 14.0. The molecule has 3 N–H and O–H groups in total. The molecule has 1 aromatic rings. The first kappa shape index (κ1) is 13.7. The summed E-state index contributed by atoms with van der Waals surface area (Å²) in [5.74, 6) is 0.831. The predicted octanol–water partition coefficient (Wildman–Crippen LogP) is 2.01. The van der Waals surface area contributed by atoms with Gasteiger partial charge in [-0.3, -0.25) is 4.79 Å². The maximum Gasteiger partial charge on any atom is 0.239 e. The van der Waals surface area contributed by atoms with Crippen LogP contribution in [0, 0.1) is 5.92 Å². The third kappa shape index (κ3) is 4.47. The van der Waals surface area contributed by atoms with Crippen LogP contribution in [0.3, 0.4) is 0 Å². The van der Waals surface area contributed by atoms with E-state index in [4.69, 9.17) is 5.73 Å². The fourth-order valence-corrected chi connectivity index (χ4v) is 2.06. The van der Waals surface area contributed by atoms with Gasteiger partial charge in [0.2, 0.25) is 5.91 Å². The molecule has 1 aliphatic carbocycles. The van der Waals surface area contributed by atoms with E-state index in [0.29, 0.717) is 6.54 Å². The van der Waals surface area contributed by atoms with Gasteiger partial charge in [0.1, 0.15) is 0 Å². The molecule has 0 bridgehead atoms. The van der Waals surface area contributed by atoms with E-state index in [0.717, 1.165) is 36.8 Å². The van der Waals surface area contributed by atoms with Crippen LogP contribution < -0.4 is 16.0 Å². The van der Waals surface area contributed by atoms with Crippen molar-refractivity contribution < 1.29 is 4.79 Å². The molecule has 0 unspecified atom stereocenters. The Labute approximate surface area is 115 Å². The van der Waals surface area contributed by atoms with Crippen LogP contribution in [0.2, 0.25) is 0 Å². The summed E-state index contributed by atoms with van der Waals surface area (Å²) in [5.41, 5.74) is 7.49. The van der Waals surface area contributed by atoms with Crippen molar-refractivity contribution in [1.29, 1.82) is 0 Å². The molecule has 0 atom stereocenters. The monoisotopic (exact) mass is 261 g/mol. The van der Waals surface area contributed by atoms with Gasteiger partial charge in [-0.1, -0.05) is 6.92 Å². The molecule has 0 heterocycles. The maximum atomic E-state index is 11.9. The van der Waals surface area contributed by atoms with E-state index < -0.39 is 0 Å². The van der Waals surface area contributed by atoms with Crippen LogP contribution >= 0.6 is 0 Å². The highest BCUT2D eigenvalue weighted by Crippen LogP contribution is 2.27. The van der Waals surface area contributed by atoms with Crippen molar-refractivity contribution >= 4 is 17.3 Å². The first-order valence-electron chi connectivity index (χ1n) is 7.06. The number of nitrogens with two attached hydrogens (primary N) is 1. The second-order valence-electron chi connectivity index (χ2n) is 5.26. The predicted molar refractivity (Wildman–Crippen MR) is 79.1 cm³/mol. The van der Waals surface area contributed by atoms with Gasteiger partial charge >= 0.3 is 0 Å². The van der Waals surface area contributed by atoms with Crippen molar-refractivity contribution in [3.8, 4) is 0 Å². The highest BCUT2D eigenvalue weighted by Gasteiger charge is 2.22. The summed E-state index contributed by atoms with van der Waals surface area (Å²) in [6, 6.07) is 7.69. The number of carbonyl (C=O) groups is 1. The Bertz CT molecular complexity index is 412. The fourth-order valence-electron chi connectivity index (χ4n) is 2.06. The molecule has 1 fully saturated rings. The molecule has 1 aliphatic rings. The van der Waals surface area contributed by atoms with Crippen molar-refractivity contribution in [2.45, 2.75) is 26.2 Å². The van der Waals surface area contributed by atoms with Crippen molar-refractivity contribution in [3.05, 3.63) is 24.3 Å². The summed E-state index contributed by atoms with van der Waals surface area (Å²) in [7, 11) is 0. The molecule has 4 nitrogen and oxygen atoms in total. The van der Waals surface area contributed by atoms with Crippen molar-refractivity contribution in [2.75, 3.05) is 30.3 Å². The number of rotatable bonds is 7.